The molecule has 9 nitrogen and oxygen atoms in total. The van der Waals surface area contributed by atoms with Crippen LogP contribution >= 0.6 is 11.3 Å². The molecular weight excluding hydrogens is 322 g/mol. The molecule has 0 spiro atoms. The molecule has 3 rings (SSSR count). The van der Waals surface area contributed by atoms with Gasteiger partial charge in [0.2, 0.25) is 5.91 Å². The van der Waals surface area contributed by atoms with Crippen LogP contribution in [0.5, 0.6) is 0 Å². The fraction of sp³-hybridized carbons (Fsp3) is 0.400. The summed E-state index contributed by atoms with van der Waals surface area (Å²) in [6.07, 6.45) is 0. The lowest BCUT2D eigenvalue weighted by atomic mass is 9.99. The van der Waals surface area contributed by atoms with Gasteiger partial charge in [-0.3, -0.25) is 9.35 Å². The van der Waals surface area contributed by atoms with Gasteiger partial charge in [-0.25, -0.2) is 4.79 Å². The van der Waals surface area contributed by atoms with Crippen LogP contribution in [0, 0.1) is 0 Å². The van der Waals surface area contributed by atoms with E-state index < -0.39 is 28.5 Å². The molecule has 1 unspecified atom stereocenters. The van der Waals surface area contributed by atoms with Gasteiger partial charge in [-0.1, -0.05) is 0 Å². The van der Waals surface area contributed by atoms with Crippen LogP contribution in [0.2, 0.25) is 0 Å². The number of rotatable bonds is 3. The van der Waals surface area contributed by atoms with Crippen molar-refractivity contribution in [2.24, 2.45) is 0 Å². The van der Waals surface area contributed by atoms with Crippen molar-refractivity contribution in [2.45, 2.75) is 12.1 Å². The molecule has 3 heterocycles. The quantitative estimate of drug-likeness (QED) is 0.756. The standard InChI is InChI=1S/C10H11N3O6S2/c1-11-9(14)7-8-5(2-3-20-8)6-4-12(7)10(15)13(6)19-21(16,17)18/h2-3,6-7H,4H2,1H3,(H,11,14)(H,16,17,18)/t6-,7?/m1/s1. The first-order valence-corrected chi connectivity index (χ1v) is 8.13. The van der Waals surface area contributed by atoms with Crippen molar-refractivity contribution in [3.05, 3.63) is 21.9 Å². The molecule has 114 valence electrons. The molecule has 1 fully saturated rings. The van der Waals surface area contributed by atoms with Gasteiger partial charge in [0.1, 0.15) is 12.1 Å². The average molecular weight is 333 g/mol. The van der Waals surface area contributed by atoms with Crippen LogP contribution < -0.4 is 5.32 Å². The van der Waals surface area contributed by atoms with E-state index in [-0.39, 0.29) is 12.5 Å². The monoisotopic (exact) mass is 333 g/mol. The zero-order chi connectivity index (χ0) is 15.4. The summed E-state index contributed by atoms with van der Waals surface area (Å²) in [5, 5.41) is 4.81. The Kier molecular flexibility index (Phi) is 3.16. The lowest BCUT2D eigenvalue weighted by Gasteiger charge is -2.28. The molecule has 0 aliphatic carbocycles. The second-order valence-electron chi connectivity index (χ2n) is 4.54. The van der Waals surface area contributed by atoms with Crippen molar-refractivity contribution in [1.82, 2.24) is 15.3 Å². The summed E-state index contributed by atoms with van der Waals surface area (Å²) in [6, 6.07) is -0.586. The maximum atomic E-state index is 12.2. The lowest BCUT2D eigenvalue weighted by molar-refractivity contribution is -0.125. The number of fused-ring (bicyclic) bond motifs is 4. The topological polar surface area (TPSA) is 116 Å². The Labute approximate surface area is 124 Å². The van der Waals surface area contributed by atoms with E-state index in [2.05, 4.69) is 9.60 Å². The summed E-state index contributed by atoms with van der Waals surface area (Å²) in [6.45, 7) is 0.107. The number of hydrogen-bond acceptors (Lipinski definition) is 6. The van der Waals surface area contributed by atoms with Crippen molar-refractivity contribution in [3.8, 4) is 0 Å². The molecule has 1 saturated heterocycles. The number of likely N-dealkylation sites (N-methyl/N-ethyl adjacent to an activating group) is 1. The largest absolute Gasteiger partial charge is 0.418 e. The Morgan fingerprint density at radius 3 is 2.90 bits per heavy atom. The third kappa shape index (κ3) is 2.18. The van der Waals surface area contributed by atoms with E-state index in [0.29, 0.717) is 15.5 Å². The zero-order valence-electron chi connectivity index (χ0n) is 10.7. The molecule has 3 amide bonds. The first kappa shape index (κ1) is 14.3. The first-order valence-electron chi connectivity index (χ1n) is 5.89. The molecule has 2 aliphatic heterocycles. The van der Waals surface area contributed by atoms with Crippen LogP contribution in [0.1, 0.15) is 22.5 Å². The van der Waals surface area contributed by atoms with Crippen LogP contribution in [0.15, 0.2) is 11.4 Å². The average Bonchev–Trinajstić information content (AvgIpc) is 2.97. The lowest BCUT2D eigenvalue weighted by Crippen LogP contribution is -2.42. The Balaban J connectivity index is 2.06. The third-order valence-electron chi connectivity index (χ3n) is 3.40. The van der Waals surface area contributed by atoms with Gasteiger partial charge in [-0.15, -0.1) is 15.6 Å². The summed E-state index contributed by atoms with van der Waals surface area (Å²) in [5.41, 5.74) is 0.638. The Bertz CT molecular complexity index is 714. The van der Waals surface area contributed by atoms with Crippen molar-refractivity contribution in [3.63, 3.8) is 0 Å². The van der Waals surface area contributed by atoms with Gasteiger partial charge < -0.3 is 10.2 Å². The van der Waals surface area contributed by atoms with E-state index in [1.54, 1.807) is 11.4 Å². The van der Waals surface area contributed by atoms with E-state index in [4.69, 9.17) is 4.55 Å². The number of nitrogens with one attached hydrogen (secondary N) is 1. The molecule has 2 bridgehead atoms. The van der Waals surface area contributed by atoms with Crippen LogP contribution in [0.3, 0.4) is 0 Å². The maximum absolute atomic E-state index is 12.2. The van der Waals surface area contributed by atoms with Crippen LogP contribution in [-0.2, 0) is 19.5 Å². The molecule has 0 saturated carbocycles. The minimum atomic E-state index is -4.83. The second kappa shape index (κ2) is 4.66. The molecule has 2 atom stereocenters. The predicted octanol–water partition coefficient (Wildman–Crippen LogP) is 0.0619. The van der Waals surface area contributed by atoms with Crippen molar-refractivity contribution >= 4 is 33.7 Å². The van der Waals surface area contributed by atoms with Crippen LogP contribution in [0.25, 0.3) is 0 Å². The minimum absolute atomic E-state index is 0.107. The number of carbonyl (C=O) groups excluding carboxylic acids is 2. The summed E-state index contributed by atoms with van der Waals surface area (Å²) in [4.78, 5) is 26.1. The van der Waals surface area contributed by atoms with E-state index in [1.807, 2.05) is 0 Å². The molecule has 0 radical (unpaired) electrons. The van der Waals surface area contributed by atoms with Gasteiger partial charge in [0.15, 0.2) is 0 Å². The first-order chi connectivity index (χ1) is 9.83. The van der Waals surface area contributed by atoms with E-state index in [0.717, 1.165) is 0 Å². The Hall–Kier alpha value is -1.69. The Morgan fingerprint density at radius 1 is 1.57 bits per heavy atom. The molecule has 1 aromatic rings. The summed E-state index contributed by atoms with van der Waals surface area (Å²) in [5.74, 6) is -0.376. The number of thiophene rings is 1. The summed E-state index contributed by atoms with van der Waals surface area (Å²) < 4.78 is 34.9. The molecule has 21 heavy (non-hydrogen) atoms. The third-order valence-corrected chi connectivity index (χ3v) is 4.74. The number of carbonyl (C=O) groups is 2. The van der Waals surface area contributed by atoms with Gasteiger partial charge in [-0.05, 0) is 17.0 Å². The van der Waals surface area contributed by atoms with Gasteiger partial charge in [0, 0.05) is 11.9 Å². The van der Waals surface area contributed by atoms with E-state index in [1.165, 1.54) is 23.3 Å². The van der Waals surface area contributed by atoms with Gasteiger partial charge >= 0.3 is 16.4 Å². The number of urea groups is 1. The van der Waals surface area contributed by atoms with E-state index >= 15 is 0 Å². The fourth-order valence-corrected chi connectivity index (χ4v) is 4.03. The minimum Gasteiger partial charge on any atom is -0.357 e. The molecule has 2 N–H and O–H groups in total. The number of hydrogen-bond donors (Lipinski definition) is 2. The molecule has 1 aromatic heterocycles. The highest BCUT2D eigenvalue weighted by atomic mass is 32.3. The van der Waals surface area contributed by atoms with Crippen LogP contribution in [0.4, 0.5) is 4.79 Å². The number of nitrogens with zero attached hydrogens (tertiary/aromatic N) is 2. The predicted molar refractivity (Wildman–Crippen MR) is 70.4 cm³/mol. The van der Waals surface area contributed by atoms with Crippen molar-refractivity contribution in [2.75, 3.05) is 13.6 Å². The van der Waals surface area contributed by atoms with Gasteiger partial charge in [0.05, 0.1) is 6.54 Å². The molecule has 11 heteroatoms. The summed E-state index contributed by atoms with van der Waals surface area (Å²) in [7, 11) is -3.37. The fourth-order valence-electron chi connectivity index (χ4n) is 2.59. The maximum Gasteiger partial charge on any atom is 0.418 e. The van der Waals surface area contributed by atoms with Crippen molar-refractivity contribution < 1.29 is 26.8 Å². The SMILES string of the molecule is CNC(=O)C1c2sccc2[C@H]2CN1C(=O)N2OS(=O)(=O)O. The van der Waals surface area contributed by atoms with E-state index in [9.17, 15) is 18.0 Å². The highest BCUT2D eigenvalue weighted by molar-refractivity contribution is 7.80. The smallest absolute Gasteiger partial charge is 0.357 e. The number of hydroxylamine groups is 2. The van der Waals surface area contributed by atoms with Gasteiger partial charge in [0.25, 0.3) is 0 Å². The Morgan fingerprint density at radius 2 is 2.29 bits per heavy atom. The highest BCUT2D eigenvalue weighted by Gasteiger charge is 2.52. The second-order valence-corrected chi connectivity index (χ2v) is 6.49. The summed E-state index contributed by atoms with van der Waals surface area (Å²) >= 11 is 1.30. The van der Waals surface area contributed by atoms with Crippen LogP contribution in [-0.4, -0.2) is 48.5 Å². The highest BCUT2D eigenvalue weighted by Crippen LogP contribution is 2.46. The normalized spacial score (nSPS) is 24.2. The molecule has 0 aromatic carbocycles. The van der Waals surface area contributed by atoms with Crippen molar-refractivity contribution in [1.29, 1.82) is 0 Å². The molecule has 2 aliphatic rings. The number of amides is 3. The zero-order valence-corrected chi connectivity index (χ0v) is 12.3. The van der Waals surface area contributed by atoms with Gasteiger partial charge in [-0.2, -0.15) is 13.5 Å². The molecular formula is C10H11N3O6S2.